The Labute approximate surface area is 126 Å². The lowest BCUT2D eigenvalue weighted by Gasteiger charge is -2.36. The quantitative estimate of drug-likeness (QED) is 0.935. The van der Waals surface area contributed by atoms with Crippen LogP contribution in [0.3, 0.4) is 0 Å². The molecular formula is C18H23N3. The van der Waals surface area contributed by atoms with Crippen LogP contribution in [0.25, 0.3) is 0 Å². The number of rotatable bonds is 4. The summed E-state index contributed by atoms with van der Waals surface area (Å²) in [6, 6.07) is 15.7. The van der Waals surface area contributed by atoms with Crippen LogP contribution in [0.5, 0.6) is 0 Å². The van der Waals surface area contributed by atoms with Gasteiger partial charge in [0.05, 0.1) is 6.04 Å². The highest BCUT2D eigenvalue weighted by Gasteiger charge is 2.34. The second kappa shape index (κ2) is 6.37. The number of aromatic nitrogens is 1. The molecule has 3 unspecified atom stereocenters. The van der Waals surface area contributed by atoms with E-state index < -0.39 is 0 Å². The van der Waals surface area contributed by atoms with Crippen molar-refractivity contribution in [3.05, 3.63) is 66.0 Å². The van der Waals surface area contributed by atoms with Crippen LogP contribution in [-0.2, 0) is 0 Å². The summed E-state index contributed by atoms with van der Waals surface area (Å²) in [5.41, 5.74) is 9.00. The molecule has 21 heavy (non-hydrogen) atoms. The fourth-order valence-electron chi connectivity index (χ4n) is 3.51. The summed E-state index contributed by atoms with van der Waals surface area (Å²) >= 11 is 0. The summed E-state index contributed by atoms with van der Waals surface area (Å²) in [7, 11) is 0. The number of nitrogens with zero attached hydrogens (tertiary/aromatic N) is 2. The predicted molar refractivity (Wildman–Crippen MR) is 85.8 cm³/mol. The molecule has 1 aromatic carbocycles. The molecule has 0 aliphatic carbocycles. The third kappa shape index (κ3) is 2.99. The van der Waals surface area contributed by atoms with Crippen LogP contribution >= 0.6 is 0 Å². The van der Waals surface area contributed by atoms with Gasteiger partial charge in [-0.3, -0.25) is 9.88 Å². The van der Waals surface area contributed by atoms with Crippen molar-refractivity contribution in [2.75, 3.05) is 6.54 Å². The van der Waals surface area contributed by atoms with Gasteiger partial charge < -0.3 is 5.73 Å². The first-order valence-electron chi connectivity index (χ1n) is 7.73. The summed E-state index contributed by atoms with van der Waals surface area (Å²) in [5, 5.41) is 0. The summed E-state index contributed by atoms with van der Waals surface area (Å²) in [6.45, 7) is 3.22. The molecule has 1 saturated heterocycles. The van der Waals surface area contributed by atoms with Crippen molar-refractivity contribution in [3.63, 3.8) is 0 Å². The molecule has 3 atom stereocenters. The molecule has 2 heterocycles. The molecule has 0 bridgehead atoms. The summed E-state index contributed by atoms with van der Waals surface area (Å²) in [4.78, 5) is 6.70. The maximum atomic E-state index is 6.33. The minimum Gasteiger partial charge on any atom is -0.326 e. The zero-order valence-corrected chi connectivity index (χ0v) is 12.5. The van der Waals surface area contributed by atoms with Gasteiger partial charge in [-0.05, 0) is 49.6 Å². The molecule has 0 saturated carbocycles. The van der Waals surface area contributed by atoms with Crippen molar-refractivity contribution in [1.82, 2.24) is 9.88 Å². The van der Waals surface area contributed by atoms with Gasteiger partial charge in [0.2, 0.25) is 0 Å². The van der Waals surface area contributed by atoms with Crippen molar-refractivity contribution in [1.29, 1.82) is 0 Å². The van der Waals surface area contributed by atoms with Gasteiger partial charge in [0, 0.05) is 24.5 Å². The predicted octanol–water partition coefficient (Wildman–Crippen LogP) is 3.31. The normalized spacial score (nSPS) is 22.1. The highest BCUT2D eigenvalue weighted by Crippen LogP contribution is 2.39. The van der Waals surface area contributed by atoms with Crippen molar-refractivity contribution in [2.24, 2.45) is 5.73 Å². The highest BCUT2D eigenvalue weighted by atomic mass is 15.2. The number of hydrogen-bond acceptors (Lipinski definition) is 3. The maximum absolute atomic E-state index is 6.33. The molecule has 2 aromatic rings. The minimum atomic E-state index is 0.106. The number of likely N-dealkylation sites (tertiary alicyclic amines) is 1. The first kappa shape index (κ1) is 14.2. The number of hydrogen-bond donors (Lipinski definition) is 1. The van der Waals surface area contributed by atoms with Gasteiger partial charge in [0.15, 0.2) is 0 Å². The fraction of sp³-hybridized carbons (Fsp3) is 0.389. The summed E-state index contributed by atoms with van der Waals surface area (Å²) < 4.78 is 0. The Bertz CT molecular complexity index is 553. The van der Waals surface area contributed by atoms with Crippen molar-refractivity contribution < 1.29 is 0 Å². The van der Waals surface area contributed by atoms with Gasteiger partial charge in [-0.2, -0.15) is 0 Å². The average Bonchev–Trinajstić information content (AvgIpc) is 2.98. The number of benzene rings is 1. The SMILES string of the molecule is CC(N)C(c1ccccc1)N1CCCC1c1ccncc1. The molecule has 3 rings (SSSR count). The van der Waals surface area contributed by atoms with Crippen molar-refractivity contribution >= 4 is 0 Å². The van der Waals surface area contributed by atoms with E-state index in [0.717, 1.165) is 6.54 Å². The molecular weight excluding hydrogens is 258 g/mol. The van der Waals surface area contributed by atoms with Crippen molar-refractivity contribution in [3.8, 4) is 0 Å². The smallest absolute Gasteiger partial charge is 0.0502 e. The zero-order valence-electron chi connectivity index (χ0n) is 12.5. The van der Waals surface area contributed by atoms with E-state index in [1.54, 1.807) is 0 Å². The van der Waals surface area contributed by atoms with Gasteiger partial charge in [0.25, 0.3) is 0 Å². The Kier molecular flexibility index (Phi) is 4.32. The van der Waals surface area contributed by atoms with Gasteiger partial charge in [-0.25, -0.2) is 0 Å². The van der Waals surface area contributed by atoms with Crippen LogP contribution in [0.15, 0.2) is 54.9 Å². The second-order valence-electron chi connectivity index (χ2n) is 5.89. The van der Waals surface area contributed by atoms with Crippen LogP contribution in [0.2, 0.25) is 0 Å². The third-order valence-electron chi connectivity index (χ3n) is 4.38. The van der Waals surface area contributed by atoms with Gasteiger partial charge >= 0.3 is 0 Å². The van der Waals surface area contributed by atoms with E-state index in [1.165, 1.54) is 24.0 Å². The second-order valence-corrected chi connectivity index (χ2v) is 5.89. The molecule has 1 aliphatic rings. The molecule has 110 valence electrons. The molecule has 1 aliphatic heterocycles. The van der Waals surface area contributed by atoms with E-state index in [9.17, 15) is 0 Å². The summed E-state index contributed by atoms with van der Waals surface area (Å²) in [5.74, 6) is 0. The van der Waals surface area contributed by atoms with E-state index in [0.29, 0.717) is 6.04 Å². The topological polar surface area (TPSA) is 42.1 Å². The molecule has 0 amide bonds. The van der Waals surface area contributed by atoms with E-state index >= 15 is 0 Å². The monoisotopic (exact) mass is 281 g/mol. The first-order valence-corrected chi connectivity index (χ1v) is 7.73. The fourth-order valence-corrected chi connectivity index (χ4v) is 3.51. The molecule has 1 aromatic heterocycles. The largest absolute Gasteiger partial charge is 0.326 e. The van der Waals surface area contributed by atoms with Crippen LogP contribution in [0.1, 0.15) is 43.0 Å². The molecule has 0 spiro atoms. The van der Waals surface area contributed by atoms with E-state index in [-0.39, 0.29) is 12.1 Å². The standard InChI is InChI=1S/C18H23N3/c1-14(19)18(16-6-3-2-4-7-16)21-13-5-8-17(21)15-9-11-20-12-10-15/h2-4,6-7,9-12,14,17-18H,5,8,13,19H2,1H3. The molecule has 0 radical (unpaired) electrons. The Balaban J connectivity index is 1.92. The Morgan fingerprint density at radius 2 is 1.86 bits per heavy atom. The van der Waals surface area contributed by atoms with Crippen LogP contribution in [0.4, 0.5) is 0 Å². The van der Waals surface area contributed by atoms with Crippen molar-refractivity contribution in [2.45, 2.75) is 37.9 Å². The van der Waals surface area contributed by atoms with Crippen LogP contribution in [-0.4, -0.2) is 22.5 Å². The van der Waals surface area contributed by atoms with Gasteiger partial charge in [0.1, 0.15) is 0 Å². The molecule has 2 N–H and O–H groups in total. The van der Waals surface area contributed by atoms with Crippen LogP contribution in [0, 0.1) is 0 Å². The number of pyridine rings is 1. The molecule has 3 heteroatoms. The first-order chi connectivity index (χ1) is 10.3. The van der Waals surface area contributed by atoms with E-state index in [1.807, 2.05) is 12.4 Å². The lowest BCUT2D eigenvalue weighted by Crippen LogP contribution is -2.39. The third-order valence-corrected chi connectivity index (χ3v) is 4.38. The highest BCUT2D eigenvalue weighted by molar-refractivity contribution is 5.24. The average molecular weight is 281 g/mol. The lowest BCUT2D eigenvalue weighted by molar-refractivity contribution is 0.161. The van der Waals surface area contributed by atoms with Gasteiger partial charge in [-0.15, -0.1) is 0 Å². The Hall–Kier alpha value is -1.71. The lowest BCUT2D eigenvalue weighted by atomic mass is 9.96. The van der Waals surface area contributed by atoms with E-state index in [2.05, 4.69) is 59.3 Å². The minimum absolute atomic E-state index is 0.106. The van der Waals surface area contributed by atoms with Gasteiger partial charge in [-0.1, -0.05) is 30.3 Å². The molecule has 1 fully saturated rings. The number of nitrogens with two attached hydrogens (primary N) is 1. The summed E-state index contributed by atoms with van der Waals surface area (Å²) in [6.07, 6.45) is 6.19. The Morgan fingerprint density at radius 1 is 1.14 bits per heavy atom. The Morgan fingerprint density at radius 3 is 2.52 bits per heavy atom. The maximum Gasteiger partial charge on any atom is 0.0502 e. The van der Waals surface area contributed by atoms with Crippen LogP contribution < -0.4 is 5.73 Å². The molecule has 3 nitrogen and oxygen atoms in total. The van der Waals surface area contributed by atoms with E-state index in [4.69, 9.17) is 5.73 Å². The zero-order chi connectivity index (χ0) is 14.7.